The monoisotopic (exact) mass is 255 g/mol. The van der Waals surface area contributed by atoms with E-state index in [1.165, 1.54) is 12.5 Å². The number of rotatable bonds is 2. The summed E-state index contributed by atoms with van der Waals surface area (Å²) in [4.78, 5) is 11.8. The lowest BCUT2D eigenvalue weighted by Crippen LogP contribution is -2.01. The highest BCUT2D eigenvalue weighted by molar-refractivity contribution is 5.73. The van der Waals surface area contributed by atoms with Crippen molar-refractivity contribution in [2.24, 2.45) is 0 Å². The molecule has 0 saturated carbocycles. The van der Waals surface area contributed by atoms with Crippen LogP contribution in [0.4, 0.5) is 10.1 Å². The molecule has 3 heterocycles. The molecule has 0 aromatic carbocycles. The minimum absolute atomic E-state index is 0.366. The Kier molecular flexibility index (Phi) is 2.68. The number of nitrogens with two attached hydrogens (primary N) is 1. The molecule has 0 spiro atoms. The number of hydrogen-bond acceptors (Lipinski definition) is 4. The zero-order valence-electron chi connectivity index (χ0n) is 9.86. The Balaban J connectivity index is 2.20. The van der Waals surface area contributed by atoms with Crippen LogP contribution in [0.1, 0.15) is 0 Å². The summed E-state index contributed by atoms with van der Waals surface area (Å²) in [5.41, 5.74) is 8.22. The summed E-state index contributed by atoms with van der Waals surface area (Å²) in [6.07, 6.45) is 9.06. The fraction of sp³-hybridized carbons (Fsp3) is 0. The van der Waals surface area contributed by atoms with Crippen LogP contribution in [0.5, 0.6) is 0 Å². The maximum absolute atomic E-state index is 13.8. The molecular weight excluding hydrogens is 245 g/mol. The van der Waals surface area contributed by atoms with Crippen LogP contribution in [-0.4, -0.2) is 19.5 Å². The first kappa shape index (κ1) is 11.3. The molecule has 3 rings (SSSR count). The second-order valence-electron chi connectivity index (χ2n) is 3.94. The minimum Gasteiger partial charge on any atom is -0.398 e. The second-order valence-corrected chi connectivity index (χ2v) is 3.94. The van der Waals surface area contributed by atoms with Gasteiger partial charge in [-0.1, -0.05) is 0 Å². The fourth-order valence-corrected chi connectivity index (χ4v) is 1.87. The Hall–Kier alpha value is -2.76. The van der Waals surface area contributed by atoms with E-state index < -0.39 is 5.82 Å². The maximum atomic E-state index is 13.8. The summed E-state index contributed by atoms with van der Waals surface area (Å²) in [5, 5.41) is 0. The highest BCUT2D eigenvalue weighted by Crippen LogP contribution is 2.27. The van der Waals surface area contributed by atoms with Crippen LogP contribution in [0.2, 0.25) is 0 Å². The molecule has 0 aliphatic rings. The molecule has 0 saturated heterocycles. The third-order valence-corrected chi connectivity index (χ3v) is 2.78. The number of anilines is 1. The van der Waals surface area contributed by atoms with E-state index in [1.54, 1.807) is 35.3 Å². The molecule has 94 valence electrons. The summed E-state index contributed by atoms with van der Waals surface area (Å²) in [6, 6.07) is 3.27. The molecule has 0 atom stereocenters. The van der Waals surface area contributed by atoms with E-state index in [4.69, 9.17) is 5.73 Å². The summed E-state index contributed by atoms with van der Waals surface area (Å²) in [5.74, 6) is -0.427. The van der Waals surface area contributed by atoms with E-state index in [9.17, 15) is 4.39 Å². The topological polar surface area (TPSA) is 69.6 Å². The van der Waals surface area contributed by atoms with Gasteiger partial charge in [0.15, 0.2) is 5.82 Å². The number of nitrogen functional groups attached to an aromatic ring is 1. The fourth-order valence-electron chi connectivity index (χ4n) is 1.87. The minimum atomic E-state index is -0.427. The second kappa shape index (κ2) is 4.49. The number of imidazole rings is 1. The third kappa shape index (κ3) is 1.93. The molecule has 6 heteroatoms. The molecule has 3 aromatic heterocycles. The Morgan fingerprint density at radius 1 is 1.00 bits per heavy atom. The van der Waals surface area contributed by atoms with Crippen molar-refractivity contribution in [2.45, 2.75) is 0 Å². The van der Waals surface area contributed by atoms with Crippen molar-refractivity contribution in [3.8, 4) is 16.9 Å². The molecule has 0 amide bonds. The van der Waals surface area contributed by atoms with E-state index in [0.29, 0.717) is 22.6 Å². The highest BCUT2D eigenvalue weighted by atomic mass is 19.1. The Bertz CT molecular complexity index is 662. The molecule has 0 aliphatic heterocycles. The Morgan fingerprint density at radius 2 is 1.79 bits per heavy atom. The standard InChI is InChI=1S/C13H10FN5/c14-10-6-17-4-2-12(10)19-8-18-7-13(19)9-5-16-3-1-11(9)15/h1-8H,(H2,15,16). The average Bonchev–Trinajstić information content (AvgIpc) is 2.89. The van der Waals surface area contributed by atoms with Crippen LogP contribution in [0.15, 0.2) is 49.4 Å². The van der Waals surface area contributed by atoms with Gasteiger partial charge < -0.3 is 5.73 Å². The third-order valence-electron chi connectivity index (χ3n) is 2.78. The molecule has 0 bridgehead atoms. The molecule has 5 nitrogen and oxygen atoms in total. The van der Waals surface area contributed by atoms with Crippen LogP contribution >= 0.6 is 0 Å². The van der Waals surface area contributed by atoms with Gasteiger partial charge in [-0.15, -0.1) is 0 Å². The number of aromatic nitrogens is 4. The average molecular weight is 255 g/mol. The van der Waals surface area contributed by atoms with Crippen LogP contribution in [-0.2, 0) is 0 Å². The SMILES string of the molecule is Nc1ccncc1-c1cncn1-c1ccncc1F. The molecule has 0 radical (unpaired) electrons. The molecule has 19 heavy (non-hydrogen) atoms. The molecule has 0 aliphatic carbocycles. The number of nitrogens with zero attached hydrogens (tertiary/aromatic N) is 4. The first-order valence-corrected chi connectivity index (χ1v) is 5.59. The molecule has 2 N–H and O–H groups in total. The van der Waals surface area contributed by atoms with Crippen molar-refractivity contribution in [1.82, 2.24) is 19.5 Å². The van der Waals surface area contributed by atoms with Crippen molar-refractivity contribution in [3.63, 3.8) is 0 Å². The van der Waals surface area contributed by atoms with Crippen molar-refractivity contribution in [1.29, 1.82) is 0 Å². The van der Waals surface area contributed by atoms with Crippen molar-refractivity contribution in [3.05, 3.63) is 55.3 Å². The normalized spacial score (nSPS) is 10.6. The maximum Gasteiger partial charge on any atom is 0.165 e. The van der Waals surface area contributed by atoms with Gasteiger partial charge in [-0.05, 0) is 12.1 Å². The number of hydrogen-bond donors (Lipinski definition) is 1. The zero-order chi connectivity index (χ0) is 13.2. The lowest BCUT2D eigenvalue weighted by molar-refractivity contribution is 0.612. The van der Waals surface area contributed by atoms with Crippen LogP contribution in [0.25, 0.3) is 16.9 Å². The van der Waals surface area contributed by atoms with Crippen LogP contribution in [0, 0.1) is 5.82 Å². The smallest absolute Gasteiger partial charge is 0.165 e. The molecule has 3 aromatic rings. The highest BCUT2D eigenvalue weighted by Gasteiger charge is 2.12. The summed E-state index contributed by atoms with van der Waals surface area (Å²) in [7, 11) is 0. The first-order chi connectivity index (χ1) is 9.27. The quantitative estimate of drug-likeness (QED) is 0.760. The van der Waals surface area contributed by atoms with E-state index in [1.807, 2.05) is 0 Å². The van der Waals surface area contributed by atoms with Crippen molar-refractivity contribution >= 4 is 5.69 Å². The number of halogens is 1. The van der Waals surface area contributed by atoms with E-state index in [2.05, 4.69) is 15.0 Å². The van der Waals surface area contributed by atoms with E-state index in [-0.39, 0.29) is 0 Å². The lowest BCUT2D eigenvalue weighted by atomic mass is 10.2. The zero-order valence-corrected chi connectivity index (χ0v) is 9.86. The van der Waals surface area contributed by atoms with E-state index in [0.717, 1.165) is 6.20 Å². The predicted molar refractivity (Wildman–Crippen MR) is 69.0 cm³/mol. The van der Waals surface area contributed by atoms with Gasteiger partial charge in [-0.3, -0.25) is 14.5 Å². The molecule has 0 fully saturated rings. The van der Waals surface area contributed by atoms with Gasteiger partial charge >= 0.3 is 0 Å². The van der Waals surface area contributed by atoms with Gasteiger partial charge in [0.2, 0.25) is 0 Å². The molecular formula is C13H10FN5. The number of pyridine rings is 2. The Labute approximate surface area is 108 Å². The Morgan fingerprint density at radius 3 is 2.58 bits per heavy atom. The van der Waals surface area contributed by atoms with Gasteiger partial charge in [-0.25, -0.2) is 9.37 Å². The summed E-state index contributed by atoms with van der Waals surface area (Å²) in [6.45, 7) is 0. The van der Waals surface area contributed by atoms with Gasteiger partial charge in [-0.2, -0.15) is 0 Å². The predicted octanol–water partition coefficient (Wildman–Crippen LogP) is 2.05. The van der Waals surface area contributed by atoms with Crippen molar-refractivity contribution in [2.75, 3.05) is 5.73 Å². The lowest BCUT2D eigenvalue weighted by Gasteiger charge is -2.10. The summed E-state index contributed by atoms with van der Waals surface area (Å²) >= 11 is 0. The van der Waals surface area contributed by atoms with Crippen molar-refractivity contribution < 1.29 is 4.39 Å². The summed E-state index contributed by atoms with van der Waals surface area (Å²) < 4.78 is 15.4. The van der Waals surface area contributed by atoms with Crippen LogP contribution < -0.4 is 5.73 Å². The van der Waals surface area contributed by atoms with Gasteiger partial charge in [0, 0.05) is 29.8 Å². The van der Waals surface area contributed by atoms with Gasteiger partial charge in [0.05, 0.1) is 30.1 Å². The van der Waals surface area contributed by atoms with Crippen LogP contribution in [0.3, 0.4) is 0 Å². The molecule has 0 unspecified atom stereocenters. The van der Waals surface area contributed by atoms with Gasteiger partial charge in [0.1, 0.15) is 0 Å². The van der Waals surface area contributed by atoms with Gasteiger partial charge in [0.25, 0.3) is 0 Å². The first-order valence-electron chi connectivity index (χ1n) is 5.59. The largest absolute Gasteiger partial charge is 0.398 e. The van der Waals surface area contributed by atoms with E-state index >= 15 is 0 Å².